The smallest absolute Gasteiger partial charge is 0.315 e. The molecule has 0 spiro atoms. The first-order chi connectivity index (χ1) is 13.4. The Morgan fingerprint density at radius 2 is 1.86 bits per heavy atom. The highest BCUT2D eigenvalue weighted by Gasteiger charge is 2.39. The lowest BCUT2D eigenvalue weighted by Gasteiger charge is -2.29. The zero-order valence-corrected chi connectivity index (χ0v) is 16.5. The van der Waals surface area contributed by atoms with Crippen molar-refractivity contribution in [3.63, 3.8) is 0 Å². The molecule has 2 atom stereocenters. The lowest BCUT2D eigenvalue weighted by Crippen LogP contribution is -2.48. The Bertz CT molecular complexity index is 793. The third-order valence-corrected chi connectivity index (χ3v) is 4.91. The van der Waals surface area contributed by atoms with Gasteiger partial charge in [-0.25, -0.2) is 0 Å². The molecule has 28 heavy (non-hydrogen) atoms. The summed E-state index contributed by atoms with van der Waals surface area (Å²) in [7, 11) is 1.59. The minimum absolute atomic E-state index is 0.00542. The lowest BCUT2D eigenvalue weighted by molar-refractivity contribution is -0.144. The van der Waals surface area contributed by atoms with Crippen LogP contribution in [0.3, 0.4) is 0 Å². The van der Waals surface area contributed by atoms with Crippen molar-refractivity contribution in [2.45, 2.75) is 38.4 Å². The first kappa shape index (κ1) is 21.4. The molecule has 1 amide bonds. The van der Waals surface area contributed by atoms with Crippen molar-refractivity contribution < 1.29 is 24.2 Å². The second-order valence-corrected chi connectivity index (χ2v) is 6.63. The van der Waals surface area contributed by atoms with Gasteiger partial charge >= 0.3 is 5.97 Å². The number of aliphatic carboxylic acids is 1. The van der Waals surface area contributed by atoms with E-state index in [9.17, 15) is 14.7 Å². The number of ether oxygens (including phenoxy) is 2. The van der Waals surface area contributed by atoms with Gasteiger partial charge in [0.15, 0.2) is 0 Å². The molecule has 6 heteroatoms. The van der Waals surface area contributed by atoms with Gasteiger partial charge in [0.2, 0.25) is 5.91 Å². The van der Waals surface area contributed by atoms with E-state index < -0.39 is 17.5 Å². The Hall–Kier alpha value is -2.86. The lowest BCUT2D eigenvalue weighted by atomic mass is 9.78. The topological polar surface area (TPSA) is 84.9 Å². The van der Waals surface area contributed by atoms with Crippen molar-refractivity contribution in [2.24, 2.45) is 0 Å². The van der Waals surface area contributed by atoms with E-state index >= 15 is 0 Å². The zero-order chi connectivity index (χ0) is 20.6. The fourth-order valence-corrected chi connectivity index (χ4v) is 2.98. The Morgan fingerprint density at radius 3 is 2.46 bits per heavy atom. The minimum atomic E-state index is -1.18. The number of hydrogen-bond donors (Lipinski definition) is 2. The molecule has 0 aromatic heterocycles. The van der Waals surface area contributed by atoms with Gasteiger partial charge < -0.3 is 19.9 Å². The second-order valence-electron chi connectivity index (χ2n) is 6.63. The van der Waals surface area contributed by atoms with Gasteiger partial charge in [-0.3, -0.25) is 9.59 Å². The van der Waals surface area contributed by atoms with Crippen molar-refractivity contribution in [3.05, 3.63) is 65.7 Å². The van der Waals surface area contributed by atoms with E-state index in [0.717, 1.165) is 11.3 Å². The molecule has 0 aliphatic heterocycles. The minimum Gasteiger partial charge on any atom is -0.497 e. The summed E-state index contributed by atoms with van der Waals surface area (Å²) in [6.07, 6.45) is -0.364. The number of methoxy groups -OCH3 is 1. The number of amides is 1. The Morgan fingerprint density at radius 1 is 1.14 bits per heavy atom. The molecule has 2 N–H and O–H groups in total. The van der Waals surface area contributed by atoms with Crippen LogP contribution in [0.1, 0.15) is 31.4 Å². The van der Waals surface area contributed by atoms with Gasteiger partial charge in [-0.2, -0.15) is 0 Å². The average Bonchev–Trinajstić information content (AvgIpc) is 2.73. The second kappa shape index (κ2) is 9.90. The fourth-order valence-electron chi connectivity index (χ4n) is 2.98. The number of carboxylic acids is 1. The zero-order valence-electron chi connectivity index (χ0n) is 16.5. The van der Waals surface area contributed by atoms with Crippen LogP contribution in [-0.2, 0) is 26.3 Å². The molecule has 0 saturated heterocycles. The van der Waals surface area contributed by atoms with Crippen molar-refractivity contribution in [1.82, 2.24) is 5.32 Å². The average molecular weight is 385 g/mol. The maximum atomic E-state index is 12.5. The van der Waals surface area contributed by atoms with E-state index in [2.05, 4.69) is 5.32 Å². The summed E-state index contributed by atoms with van der Waals surface area (Å²) in [5.74, 6) is -0.598. The third-order valence-electron chi connectivity index (χ3n) is 4.91. The van der Waals surface area contributed by atoms with Crippen LogP contribution in [0.2, 0.25) is 0 Å². The SMILES string of the molecule is CCC(CNC(=O)C(C)OCc1cccc(OC)c1)(C(=O)O)c1ccccc1. The normalized spacial score (nSPS) is 14.0. The van der Waals surface area contributed by atoms with Crippen molar-refractivity contribution in [3.8, 4) is 5.75 Å². The van der Waals surface area contributed by atoms with Gasteiger partial charge in [0.05, 0.1) is 13.7 Å². The van der Waals surface area contributed by atoms with Crippen LogP contribution in [0.15, 0.2) is 54.6 Å². The number of carbonyl (C=O) groups is 2. The van der Waals surface area contributed by atoms with E-state index in [-0.39, 0.29) is 19.1 Å². The van der Waals surface area contributed by atoms with E-state index in [4.69, 9.17) is 9.47 Å². The monoisotopic (exact) mass is 385 g/mol. The Kier molecular flexibility index (Phi) is 7.58. The molecule has 2 aromatic carbocycles. The number of carboxylic acid groups (broad SMARTS) is 1. The maximum absolute atomic E-state index is 12.5. The molecule has 0 aliphatic rings. The summed E-state index contributed by atoms with van der Waals surface area (Å²) in [5, 5.41) is 12.6. The van der Waals surface area contributed by atoms with Gasteiger partial charge in [0.25, 0.3) is 0 Å². The molecular weight excluding hydrogens is 358 g/mol. The molecule has 6 nitrogen and oxygen atoms in total. The molecule has 2 rings (SSSR count). The molecule has 0 radical (unpaired) electrons. The highest BCUT2D eigenvalue weighted by atomic mass is 16.5. The summed E-state index contributed by atoms with van der Waals surface area (Å²) >= 11 is 0. The van der Waals surface area contributed by atoms with Gasteiger partial charge in [-0.1, -0.05) is 49.4 Å². The van der Waals surface area contributed by atoms with Crippen LogP contribution < -0.4 is 10.1 Å². The first-order valence-corrected chi connectivity index (χ1v) is 9.24. The Labute approximate surface area is 165 Å². The van der Waals surface area contributed by atoms with Crippen LogP contribution in [-0.4, -0.2) is 36.7 Å². The van der Waals surface area contributed by atoms with E-state index in [0.29, 0.717) is 12.0 Å². The first-order valence-electron chi connectivity index (χ1n) is 9.24. The molecule has 0 aliphatic carbocycles. The molecule has 2 aromatic rings. The molecule has 150 valence electrons. The summed E-state index contributed by atoms with van der Waals surface area (Å²) < 4.78 is 10.8. The summed E-state index contributed by atoms with van der Waals surface area (Å²) in [6.45, 7) is 3.69. The van der Waals surface area contributed by atoms with Gasteiger partial charge in [0, 0.05) is 6.54 Å². The third kappa shape index (κ3) is 5.10. The summed E-state index contributed by atoms with van der Waals surface area (Å²) in [5.41, 5.74) is 0.371. The van der Waals surface area contributed by atoms with Gasteiger partial charge in [-0.15, -0.1) is 0 Å². The van der Waals surface area contributed by atoms with Crippen molar-refractivity contribution >= 4 is 11.9 Å². The van der Waals surface area contributed by atoms with Crippen LogP contribution >= 0.6 is 0 Å². The molecule has 0 bridgehead atoms. The van der Waals surface area contributed by atoms with Crippen LogP contribution in [0, 0.1) is 0 Å². The molecule has 0 heterocycles. The van der Waals surface area contributed by atoms with Crippen LogP contribution in [0.5, 0.6) is 5.75 Å². The summed E-state index contributed by atoms with van der Waals surface area (Å²) in [6, 6.07) is 16.4. The number of rotatable bonds is 10. The van der Waals surface area contributed by atoms with Gasteiger partial charge in [-0.05, 0) is 36.6 Å². The highest BCUT2D eigenvalue weighted by Crippen LogP contribution is 2.28. The molecule has 0 fully saturated rings. The highest BCUT2D eigenvalue weighted by molar-refractivity contribution is 5.85. The molecular formula is C22H27NO5. The van der Waals surface area contributed by atoms with Crippen LogP contribution in [0.25, 0.3) is 0 Å². The standard InChI is InChI=1S/C22H27NO5/c1-4-22(21(25)26,18-10-6-5-7-11-18)15-23-20(24)16(2)28-14-17-9-8-12-19(13-17)27-3/h5-13,16H,4,14-15H2,1-3H3,(H,23,24)(H,25,26). The summed E-state index contributed by atoms with van der Waals surface area (Å²) in [4.78, 5) is 24.5. The predicted molar refractivity (Wildman–Crippen MR) is 106 cm³/mol. The van der Waals surface area contributed by atoms with Crippen molar-refractivity contribution in [2.75, 3.05) is 13.7 Å². The Balaban J connectivity index is 1.99. The fraction of sp³-hybridized carbons (Fsp3) is 0.364. The number of nitrogens with one attached hydrogen (secondary N) is 1. The predicted octanol–water partition coefficient (Wildman–Crippen LogP) is 3.15. The molecule has 0 saturated carbocycles. The maximum Gasteiger partial charge on any atom is 0.315 e. The van der Waals surface area contributed by atoms with Crippen molar-refractivity contribution in [1.29, 1.82) is 0 Å². The molecule has 2 unspecified atom stereocenters. The van der Waals surface area contributed by atoms with E-state index in [1.165, 1.54) is 0 Å². The quantitative estimate of drug-likeness (QED) is 0.656. The van der Waals surface area contributed by atoms with Crippen LogP contribution in [0.4, 0.5) is 0 Å². The van der Waals surface area contributed by atoms with Gasteiger partial charge in [0.1, 0.15) is 17.3 Å². The number of benzene rings is 2. The number of carbonyl (C=O) groups excluding carboxylic acids is 1. The van der Waals surface area contributed by atoms with E-state index in [1.807, 2.05) is 30.3 Å². The van der Waals surface area contributed by atoms with E-state index in [1.54, 1.807) is 45.2 Å². The number of hydrogen-bond acceptors (Lipinski definition) is 4. The largest absolute Gasteiger partial charge is 0.497 e.